The van der Waals surface area contributed by atoms with E-state index in [1.54, 1.807) is 24.3 Å². The molecule has 0 radical (unpaired) electrons. The molecule has 0 aromatic heterocycles. The van der Waals surface area contributed by atoms with Crippen LogP contribution in [0.4, 0.5) is 0 Å². The number of hydrogen-bond donors (Lipinski definition) is 0. The fourth-order valence-electron chi connectivity index (χ4n) is 4.45. The van der Waals surface area contributed by atoms with E-state index in [2.05, 4.69) is 0 Å². The number of carbonyl (C=O) groups excluding carboxylic acids is 1. The van der Waals surface area contributed by atoms with Crippen molar-refractivity contribution >= 4 is 21.7 Å². The third kappa shape index (κ3) is 4.86. The van der Waals surface area contributed by atoms with Gasteiger partial charge in [-0.15, -0.1) is 0 Å². The number of fused-ring (bicyclic) bond motifs is 1. The van der Waals surface area contributed by atoms with Gasteiger partial charge in [0.25, 0.3) is 10.0 Å². The highest BCUT2D eigenvalue weighted by atomic mass is 32.2. The monoisotopic (exact) mass is 490 g/mol. The Bertz CT molecular complexity index is 1360. The van der Waals surface area contributed by atoms with Crippen LogP contribution in [0.3, 0.4) is 0 Å². The number of sulfonamides is 1. The number of carbonyl (C=O) groups is 1. The van der Waals surface area contributed by atoms with Gasteiger partial charge in [-0.1, -0.05) is 73.2 Å². The van der Waals surface area contributed by atoms with E-state index >= 15 is 0 Å². The number of hydrazone groups is 1. The number of nitrogens with zero attached hydrogens (tertiary/aromatic N) is 2. The van der Waals surface area contributed by atoms with Gasteiger partial charge in [0, 0.05) is 24.0 Å². The van der Waals surface area contributed by atoms with Crippen molar-refractivity contribution in [3.63, 3.8) is 0 Å². The molecule has 1 aliphatic heterocycles. The summed E-state index contributed by atoms with van der Waals surface area (Å²) >= 11 is 0. The zero-order valence-corrected chi connectivity index (χ0v) is 21.2. The van der Waals surface area contributed by atoms with Crippen molar-refractivity contribution in [3.8, 4) is 0 Å². The van der Waals surface area contributed by atoms with Crippen molar-refractivity contribution in [1.82, 2.24) is 4.41 Å². The Labute approximate surface area is 207 Å². The second-order valence-electron chi connectivity index (χ2n) is 8.86. The molecule has 0 fully saturated rings. The maximum atomic E-state index is 14.1. The van der Waals surface area contributed by atoms with Crippen molar-refractivity contribution in [2.75, 3.05) is 6.61 Å². The third-order valence-electron chi connectivity index (χ3n) is 6.41. The number of aryl methyl sites for hydroxylation is 2. The van der Waals surface area contributed by atoms with Crippen LogP contribution < -0.4 is 0 Å². The molecular formula is C28H30N2O4S. The molecule has 0 amide bonds. The smallest absolute Gasteiger partial charge is 0.302 e. The fraction of sp³-hybridized carbons (Fsp3) is 0.286. The van der Waals surface area contributed by atoms with E-state index in [4.69, 9.17) is 9.84 Å². The molecule has 3 aromatic carbocycles. The van der Waals surface area contributed by atoms with Gasteiger partial charge in [0.1, 0.15) is 0 Å². The van der Waals surface area contributed by atoms with E-state index in [0.29, 0.717) is 12.1 Å². The van der Waals surface area contributed by atoms with E-state index in [1.165, 1.54) is 11.3 Å². The number of esters is 1. The highest BCUT2D eigenvalue weighted by Crippen LogP contribution is 2.41. The normalized spacial score (nSPS) is 16.3. The van der Waals surface area contributed by atoms with Crippen LogP contribution in [0.5, 0.6) is 0 Å². The first kappa shape index (κ1) is 24.7. The molecule has 0 saturated carbocycles. The maximum Gasteiger partial charge on any atom is 0.302 e. The molecule has 7 heteroatoms. The predicted molar refractivity (Wildman–Crippen MR) is 137 cm³/mol. The Morgan fingerprint density at radius 2 is 1.60 bits per heavy atom. The minimum absolute atomic E-state index is 0.0972. The highest BCUT2D eigenvalue weighted by molar-refractivity contribution is 7.89. The average molecular weight is 491 g/mol. The zero-order chi connectivity index (χ0) is 25.2. The van der Waals surface area contributed by atoms with Crippen LogP contribution in [0, 0.1) is 19.8 Å². The highest BCUT2D eigenvalue weighted by Gasteiger charge is 2.41. The Hall–Kier alpha value is -3.45. The predicted octanol–water partition coefficient (Wildman–Crippen LogP) is 5.39. The van der Waals surface area contributed by atoms with Crippen molar-refractivity contribution in [1.29, 1.82) is 0 Å². The molecule has 0 N–H and O–H groups in total. The molecule has 1 aliphatic rings. The maximum absolute atomic E-state index is 14.1. The topological polar surface area (TPSA) is 76.0 Å². The molecule has 0 aliphatic carbocycles. The lowest BCUT2D eigenvalue weighted by Crippen LogP contribution is -2.41. The van der Waals surface area contributed by atoms with E-state index in [9.17, 15) is 13.2 Å². The lowest BCUT2D eigenvalue weighted by Gasteiger charge is -2.39. The summed E-state index contributed by atoms with van der Waals surface area (Å²) in [5, 5.41) is 4.82. The van der Waals surface area contributed by atoms with Crippen molar-refractivity contribution in [3.05, 3.63) is 101 Å². The summed E-state index contributed by atoms with van der Waals surface area (Å²) in [5.74, 6) is -0.688. The van der Waals surface area contributed by atoms with Gasteiger partial charge < -0.3 is 4.74 Å². The molecule has 35 heavy (non-hydrogen) atoms. The Kier molecular flexibility index (Phi) is 7.08. The first-order chi connectivity index (χ1) is 16.7. The summed E-state index contributed by atoms with van der Waals surface area (Å²) in [6.45, 7) is 7.32. The quantitative estimate of drug-likeness (QED) is 0.416. The molecule has 2 atom stereocenters. The summed E-state index contributed by atoms with van der Waals surface area (Å²) in [6, 6.07) is 21.7. The number of hydrogen-bond acceptors (Lipinski definition) is 5. The number of ether oxygens (including phenoxy) is 1. The standard InChI is InChI=1S/C28H30N2O4S/c1-5-22(18-34-21(4)31)28-26-13-9-8-12-25(26)27(24-11-7-6-10-20(24)3)29-30(28)35(32,33)23-16-14-19(2)15-17-23/h6-17,22,28H,5,18H2,1-4H3. The summed E-state index contributed by atoms with van der Waals surface area (Å²) < 4.78 is 34.7. The van der Waals surface area contributed by atoms with Crippen LogP contribution in [0.15, 0.2) is 82.8 Å². The Balaban J connectivity index is 1.96. The SMILES string of the molecule is CCC(COC(C)=O)C1c2ccccc2C(c2ccccc2C)=NN1S(=O)(=O)c1ccc(C)cc1. The molecule has 2 unspecified atom stereocenters. The van der Waals surface area contributed by atoms with Gasteiger partial charge in [-0.25, -0.2) is 0 Å². The summed E-state index contributed by atoms with van der Waals surface area (Å²) in [5.41, 5.74) is 5.16. The van der Waals surface area contributed by atoms with Crippen molar-refractivity contribution in [2.45, 2.75) is 45.1 Å². The Morgan fingerprint density at radius 1 is 0.971 bits per heavy atom. The van der Waals surface area contributed by atoms with Crippen LogP contribution >= 0.6 is 0 Å². The van der Waals surface area contributed by atoms with Crippen LogP contribution in [0.25, 0.3) is 0 Å². The first-order valence-electron chi connectivity index (χ1n) is 11.7. The summed E-state index contributed by atoms with van der Waals surface area (Å²) in [4.78, 5) is 11.8. The number of rotatable bonds is 7. The van der Waals surface area contributed by atoms with Crippen LogP contribution in [-0.4, -0.2) is 31.1 Å². The molecule has 0 spiro atoms. The van der Waals surface area contributed by atoms with Gasteiger partial charge in [-0.2, -0.15) is 17.9 Å². The molecule has 0 bridgehead atoms. The molecular weight excluding hydrogens is 460 g/mol. The van der Waals surface area contributed by atoms with E-state index in [0.717, 1.165) is 27.8 Å². The number of benzene rings is 3. The van der Waals surface area contributed by atoms with E-state index < -0.39 is 22.0 Å². The minimum atomic E-state index is -4.01. The van der Waals surface area contributed by atoms with Gasteiger partial charge in [0.2, 0.25) is 0 Å². The lowest BCUT2D eigenvalue weighted by atomic mass is 9.84. The molecule has 4 rings (SSSR count). The second-order valence-corrected chi connectivity index (χ2v) is 10.7. The first-order valence-corrected chi connectivity index (χ1v) is 13.2. The summed E-state index contributed by atoms with van der Waals surface area (Å²) in [7, 11) is -4.01. The molecule has 3 aromatic rings. The van der Waals surface area contributed by atoms with Gasteiger partial charge in [-0.3, -0.25) is 4.79 Å². The minimum Gasteiger partial charge on any atom is -0.465 e. The molecule has 182 valence electrons. The Morgan fingerprint density at radius 3 is 2.23 bits per heavy atom. The molecule has 0 saturated heterocycles. The lowest BCUT2D eigenvalue weighted by molar-refractivity contribution is -0.142. The molecule has 1 heterocycles. The largest absolute Gasteiger partial charge is 0.465 e. The van der Waals surface area contributed by atoms with Gasteiger partial charge in [-0.05, 0) is 43.5 Å². The van der Waals surface area contributed by atoms with Gasteiger partial charge >= 0.3 is 5.97 Å². The average Bonchev–Trinajstić information content (AvgIpc) is 2.84. The van der Waals surface area contributed by atoms with E-state index in [-0.39, 0.29) is 17.4 Å². The summed E-state index contributed by atoms with van der Waals surface area (Å²) in [6.07, 6.45) is 0.599. The van der Waals surface area contributed by atoms with Crippen LogP contribution in [-0.2, 0) is 19.6 Å². The second kappa shape index (κ2) is 10.0. The van der Waals surface area contributed by atoms with Crippen molar-refractivity contribution < 1.29 is 17.9 Å². The molecule has 6 nitrogen and oxygen atoms in total. The van der Waals surface area contributed by atoms with Crippen molar-refractivity contribution in [2.24, 2.45) is 11.0 Å². The third-order valence-corrected chi connectivity index (χ3v) is 8.08. The van der Waals surface area contributed by atoms with Gasteiger partial charge in [0.15, 0.2) is 0 Å². The van der Waals surface area contributed by atoms with E-state index in [1.807, 2.05) is 69.3 Å². The van der Waals surface area contributed by atoms with Crippen LogP contribution in [0.1, 0.15) is 54.1 Å². The van der Waals surface area contributed by atoms with Crippen LogP contribution in [0.2, 0.25) is 0 Å². The zero-order valence-electron chi connectivity index (χ0n) is 20.4. The fourth-order valence-corrected chi connectivity index (χ4v) is 5.92. The van der Waals surface area contributed by atoms with Gasteiger partial charge in [0.05, 0.1) is 23.3 Å².